The van der Waals surface area contributed by atoms with Crippen molar-refractivity contribution in [2.45, 2.75) is 19.0 Å². The van der Waals surface area contributed by atoms with E-state index in [1.165, 1.54) is 37.3 Å². The Balaban J connectivity index is 1.68. The van der Waals surface area contributed by atoms with Crippen LogP contribution in [0.25, 0.3) is 5.65 Å². The average molecular weight is 542 g/mol. The molecule has 0 radical (unpaired) electrons. The highest BCUT2D eigenvalue weighted by Crippen LogP contribution is 2.44. The van der Waals surface area contributed by atoms with Crippen LogP contribution in [-0.2, 0) is 5.92 Å². The SMILES string of the molecule is Cc1cc(C(F)(F)C(F)(F)F)n2nc(C(=O)Nc3cc(Oc4ccc(Cl)cc4)cc([N+](=O)[O-])c3)cc2n1. The Labute approximate surface area is 208 Å². The van der Waals surface area contributed by atoms with Crippen LogP contribution in [0.3, 0.4) is 0 Å². The van der Waals surface area contributed by atoms with Gasteiger partial charge in [-0.1, -0.05) is 11.6 Å². The molecule has 0 aliphatic heterocycles. The number of ether oxygens (including phenoxy) is 1. The van der Waals surface area contributed by atoms with Crippen LogP contribution in [0.4, 0.5) is 33.3 Å². The van der Waals surface area contributed by atoms with Gasteiger partial charge in [-0.3, -0.25) is 14.9 Å². The second kappa shape index (κ2) is 9.28. The number of benzene rings is 2. The third-order valence-corrected chi connectivity index (χ3v) is 5.13. The minimum absolute atomic E-state index is 0.0359. The largest absolute Gasteiger partial charge is 0.459 e. The summed E-state index contributed by atoms with van der Waals surface area (Å²) >= 11 is 5.82. The van der Waals surface area contributed by atoms with E-state index in [1.807, 2.05) is 0 Å². The number of aromatic nitrogens is 3. The summed E-state index contributed by atoms with van der Waals surface area (Å²) < 4.78 is 72.9. The van der Waals surface area contributed by atoms with Gasteiger partial charge >= 0.3 is 12.1 Å². The predicted molar refractivity (Wildman–Crippen MR) is 120 cm³/mol. The van der Waals surface area contributed by atoms with Gasteiger partial charge in [-0.05, 0) is 37.3 Å². The lowest BCUT2D eigenvalue weighted by Crippen LogP contribution is -2.36. The van der Waals surface area contributed by atoms with E-state index in [4.69, 9.17) is 16.3 Å². The topological polar surface area (TPSA) is 112 Å². The van der Waals surface area contributed by atoms with E-state index in [-0.39, 0.29) is 27.4 Å². The number of carbonyl (C=O) groups excluding carboxylic acids is 1. The zero-order valence-corrected chi connectivity index (χ0v) is 19.1. The quantitative estimate of drug-likeness (QED) is 0.174. The van der Waals surface area contributed by atoms with Crippen molar-refractivity contribution in [3.05, 3.63) is 86.8 Å². The Hall–Kier alpha value is -4.33. The molecule has 2 aromatic carbocycles. The summed E-state index contributed by atoms with van der Waals surface area (Å²) in [4.78, 5) is 27.2. The van der Waals surface area contributed by atoms with E-state index in [1.54, 1.807) is 0 Å². The molecule has 9 nitrogen and oxygen atoms in total. The van der Waals surface area contributed by atoms with Gasteiger partial charge in [0.25, 0.3) is 11.6 Å². The van der Waals surface area contributed by atoms with E-state index in [9.17, 15) is 36.9 Å². The third-order valence-electron chi connectivity index (χ3n) is 4.87. The molecule has 0 saturated heterocycles. The summed E-state index contributed by atoms with van der Waals surface area (Å²) in [6, 6.07) is 10.8. The number of aryl methyl sites for hydroxylation is 1. The van der Waals surface area contributed by atoms with Gasteiger partial charge in [-0.25, -0.2) is 9.50 Å². The first-order valence-electron chi connectivity index (χ1n) is 10.1. The number of anilines is 1. The molecule has 2 aromatic heterocycles. The smallest absolute Gasteiger partial charge is 0.457 e. The van der Waals surface area contributed by atoms with Gasteiger partial charge in [0.1, 0.15) is 17.2 Å². The van der Waals surface area contributed by atoms with Crippen LogP contribution in [0, 0.1) is 17.0 Å². The van der Waals surface area contributed by atoms with E-state index in [0.29, 0.717) is 11.1 Å². The molecule has 192 valence electrons. The number of nitro groups is 1. The minimum Gasteiger partial charge on any atom is -0.457 e. The van der Waals surface area contributed by atoms with Gasteiger partial charge in [0.2, 0.25) is 0 Å². The molecule has 0 aliphatic rings. The van der Waals surface area contributed by atoms with Crippen LogP contribution in [0.2, 0.25) is 5.02 Å². The number of halogens is 6. The first-order valence-corrected chi connectivity index (χ1v) is 10.5. The molecule has 0 fully saturated rings. The van der Waals surface area contributed by atoms with Gasteiger partial charge < -0.3 is 10.1 Å². The zero-order valence-electron chi connectivity index (χ0n) is 18.4. The highest BCUT2D eigenvalue weighted by atomic mass is 35.5. The lowest BCUT2D eigenvalue weighted by Gasteiger charge is -2.20. The van der Waals surface area contributed by atoms with Gasteiger partial charge in [0.15, 0.2) is 11.3 Å². The van der Waals surface area contributed by atoms with Crippen molar-refractivity contribution in [3.63, 3.8) is 0 Å². The van der Waals surface area contributed by atoms with Crippen LogP contribution in [-0.4, -0.2) is 31.6 Å². The Morgan fingerprint density at radius 2 is 1.73 bits per heavy atom. The monoisotopic (exact) mass is 541 g/mol. The summed E-state index contributed by atoms with van der Waals surface area (Å²) in [5.41, 5.74) is -3.29. The molecular formula is C22H13ClF5N5O4. The summed E-state index contributed by atoms with van der Waals surface area (Å²) in [5.74, 6) is -6.09. The maximum Gasteiger partial charge on any atom is 0.459 e. The fourth-order valence-corrected chi connectivity index (χ4v) is 3.36. The van der Waals surface area contributed by atoms with Crippen molar-refractivity contribution in [3.8, 4) is 11.5 Å². The number of nitrogens with zero attached hydrogens (tertiary/aromatic N) is 4. The Morgan fingerprint density at radius 1 is 1.05 bits per heavy atom. The number of fused-ring (bicyclic) bond motifs is 1. The number of rotatable bonds is 6. The molecule has 0 saturated carbocycles. The normalized spacial score (nSPS) is 12.0. The van der Waals surface area contributed by atoms with Crippen molar-refractivity contribution in [1.29, 1.82) is 0 Å². The van der Waals surface area contributed by atoms with Crippen molar-refractivity contribution in [2.75, 3.05) is 5.32 Å². The highest BCUT2D eigenvalue weighted by molar-refractivity contribution is 6.30. The molecule has 15 heteroatoms. The van der Waals surface area contributed by atoms with E-state index >= 15 is 0 Å². The van der Waals surface area contributed by atoms with Gasteiger partial charge in [0.05, 0.1) is 16.7 Å². The predicted octanol–water partition coefficient (Wildman–Crippen LogP) is 6.30. The molecule has 4 rings (SSSR count). The van der Waals surface area contributed by atoms with Crippen LogP contribution >= 0.6 is 11.6 Å². The number of amides is 1. The summed E-state index contributed by atoms with van der Waals surface area (Å²) in [6.07, 6.45) is -5.93. The zero-order chi connectivity index (χ0) is 27.1. The molecule has 2 heterocycles. The average Bonchev–Trinajstić information content (AvgIpc) is 3.23. The third kappa shape index (κ3) is 5.28. The molecule has 0 aliphatic carbocycles. The number of nitrogens with one attached hydrogen (secondary N) is 1. The van der Waals surface area contributed by atoms with Crippen LogP contribution in [0.1, 0.15) is 21.9 Å². The molecule has 37 heavy (non-hydrogen) atoms. The van der Waals surface area contributed by atoms with E-state index < -0.39 is 45.7 Å². The lowest BCUT2D eigenvalue weighted by atomic mass is 10.2. The van der Waals surface area contributed by atoms with E-state index in [2.05, 4.69) is 15.4 Å². The van der Waals surface area contributed by atoms with Crippen molar-refractivity contribution in [2.24, 2.45) is 0 Å². The molecule has 0 unspecified atom stereocenters. The molecule has 0 spiro atoms. The second-order valence-corrected chi connectivity index (χ2v) is 8.07. The first kappa shape index (κ1) is 25.8. The Bertz CT molecular complexity index is 1520. The maximum atomic E-state index is 14.1. The number of hydrogen-bond donors (Lipinski definition) is 1. The van der Waals surface area contributed by atoms with Crippen LogP contribution < -0.4 is 10.1 Å². The molecule has 1 N–H and O–H groups in total. The highest BCUT2D eigenvalue weighted by Gasteiger charge is 2.60. The maximum absolute atomic E-state index is 14.1. The van der Waals surface area contributed by atoms with Crippen molar-refractivity contribution in [1.82, 2.24) is 14.6 Å². The fraction of sp³-hybridized carbons (Fsp3) is 0.136. The molecule has 0 bridgehead atoms. The number of non-ortho nitro benzene ring substituents is 1. The number of carbonyl (C=O) groups is 1. The number of nitro benzene ring substituents is 1. The van der Waals surface area contributed by atoms with Gasteiger partial charge in [0, 0.05) is 28.9 Å². The number of hydrogen-bond acceptors (Lipinski definition) is 6. The van der Waals surface area contributed by atoms with E-state index in [0.717, 1.165) is 18.2 Å². The molecular weight excluding hydrogens is 529 g/mol. The Morgan fingerprint density at radius 3 is 2.35 bits per heavy atom. The summed E-state index contributed by atoms with van der Waals surface area (Å²) in [5, 5.41) is 17.6. The molecule has 0 atom stereocenters. The summed E-state index contributed by atoms with van der Waals surface area (Å²) in [7, 11) is 0. The van der Waals surface area contributed by atoms with Crippen LogP contribution in [0.5, 0.6) is 11.5 Å². The Kier molecular flexibility index (Phi) is 6.46. The second-order valence-electron chi connectivity index (χ2n) is 7.64. The number of alkyl halides is 5. The minimum atomic E-state index is -5.93. The first-order chi connectivity index (χ1) is 17.2. The fourth-order valence-electron chi connectivity index (χ4n) is 3.23. The van der Waals surface area contributed by atoms with Gasteiger partial charge in [-0.2, -0.15) is 27.1 Å². The lowest BCUT2D eigenvalue weighted by molar-refractivity contribution is -0.384. The molecule has 4 aromatic rings. The van der Waals surface area contributed by atoms with Crippen LogP contribution in [0.15, 0.2) is 54.6 Å². The summed E-state index contributed by atoms with van der Waals surface area (Å²) in [6.45, 7) is 1.20. The standard InChI is InChI=1S/C22H13ClF5N5O4/c1-11-6-18(21(24,25)22(26,27)28)32-19(29-11)10-17(31-32)20(34)30-13-7-14(33(35)36)9-16(8-13)37-15-4-2-12(23)3-5-15/h2-10H,1H3,(H,30,34). The van der Waals surface area contributed by atoms with Crippen molar-refractivity contribution < 1.29 is 36.4 Å². The van der Waals surface area contributed by atoms with Crippen molar-refractivity contribution >= 4 is 34.5 Å². The van der Waals surface area contributed by atoms with Gasteiger partial charge in [-0.15, -0.1) is 0 Å². The molecule has 1 amide bonds.